The minimum Gasteiger partial charge on any atom is -0.389 e. The summed E-state index contributed by atoms with van der Waals surface area (Å²) in [4.78, 5) is 11.3. The highest BCUT2D eigenvalue weighted by atomic mass is 16.3. The van der Waals surface area contributed by atoms with Crippen LogP contribution in [0.3, 0.4) is 0 Å². The third-order valence-electron chi connectivity index (χ3n) is 2.43. The second kappa shape index (κ2) is 14.6. The molecule has 0 aromatic heterocycles. The Balaban J connectivity index is 0. The molecule has 1 rings (SSSR count). The predicted octanol–water partition coefficient (Wildman–Crippen LogP) is 0.894. The van der Waals surface area contributed by atoms with Crippen molar-refractivity contribution in [2.45, 2.75) is 39.2 Å². The first kappa shape index (κ1) is 17.9. The summed E-state index contributed by atoms with van der Waals surface area (Å²) in [6, 6.07) is 0.768. The molecule has 0 bridgehead atoms. The molecule has 1 aliphatic heterocycles. The number of carbonyl (C=O) groups excluding carboxylic acids is 1. The summed E-state index contributed by atoms with van der Waals surface area (Å²) in [7, 11) is 4.27. The number of aliphatic hydroxyl groups excluding tert-OH is 1. The minimum atomic E-state index is -0.361. The Bertz CT molecular complexity index is 143. The van der Waals surface area contributed by atoms with Gasteiger partial charge in [-0.1, -0.05) is 13.8 Å². The number of nitrogens with one attached hydrogen (secondary N) is 1. The number of aldehydes is 1. The number of nitrogens with zero attached hydrogens (tertiary/aromatic N) is 1. The van der Waals surface area contributed by atoms with Crippen molar-refractivity contribution in [3.8, 4) is 0 Å². The molecule has 98 valence electrons. The maximum absolute atomic E-state index is 8.92. The second-order valence-electron chi connectivity index (χ2n) is 3.57. The Morgan fingerprint density at radius 2 is 1.94 bits per heavy atom. The van der Waals surface area contributed by atoms with Gasteiger partial charge in [-0.05, 0) is 46.4 Å². The van der Waals surface area contributed by atoms with Gasteiger partial charge in [-0.3, -0.25) is 0 Å². The normalized spacial score (nSPS) is 20.7. The summed E-state index contributed by atoms with van der Waals surface area (Å²) < 4.78 is 0. The highest BCUT2D eigenvalue weighted by Crippen LogP contribution is 2.08. The van der Waals surface area contributed by atoms with Crippen LogP contribution >= 0.6 is 0 Å². The zero-order valence-electron chi connectivity index (χ0n) is 11.2. The van der Waals surface area contributed by atoms with Gasteiger partial charge < -0.3 is 20.1 Å². The lowest BCUT2D eigenvalue weighted by Crippen LogP contribution is -2.26. The molecule has 1 fully saturated rings. The molecular formula is C12H28N2O2. The van der Waals surface area contributed by atoms with E-state index in [4.69, 9.17) is 9.90 Å². The molecule has 16 heavy (non-hydrogen) atoms. The molecule has 0 aromatic rings. The molecule has 1 unspecified atom stereocenters. The van der Waals surface area contributed by atoms with Crippen LogP contribution in [0.1, 0.15) is 33.1 Å². The summed E-state index contributed by atoms with van der Waals surface area (Å²) in [6.45, 7) is 6.17. The molecule has 0 spiro atoms. The first-order chi connectivity index (χ1) is 7.74. The van der Waals surface area contributed by atoms with Crippen LogP contribution in [0.15, 0.2) is 0 Å². The van der Waals surface area contributed by atoms with E-state index < -0.39 is 0 Å². The van der Waals surface area contributed by atoms with E-state index in [-0.39, 0.29) is 6.61 Å². The molecular weight excluding hydrogens is 204 g/mol. The van der Waals surface area contributed by atoms with Crippen molar-refractivity contribution < 1.29 is 9.90 Å². The van der Waals surface area contributed by atoms with Crippen molar-refractivity contribution in [2.75, 3.05) is 33.8 Å². The van der Waals surface area contributed by atoms with Gasteiger partial charge in [0.25, 0.3) is 0 Å². The molecule has 0 amide bonds. The van der Waals surface area contributed by atoms with Crippen molar-refractivity contribution >= 4 is 6.29 Å². The van der Waals surface area contributed by atoms with Crippen LogP contribution in [0.25, 0.3) is 0 Å². The van der Waals surface area contributed by atoms with Crippen molar-refractivity contribution in [1.82, 2.24) is 10.2 Å². The van der Waals surface area contributed by atoms with Gasteiger partial charge in [-0.2, -0.15) is 0 Å². The Hall–Kier alpha value is -0.450. The Morgan fingerprint density at radius 1 is 1.38 bits per heavy atom. The monoisotopic (exact) mass is 232 g/mol. The van der Waals surface area contributed by atoms with Crippen LogP contribution in [-0.4, -0.2) is 56.1 Å². The van der Waals surface area contributed by atoms with Gasteiger partial charge >= 0.3 is 0 Å². The average Bonchev–Trinajstić information content (AvgIpc) is 2.56. The van der Waals surface area contributed by atoms with E-state index in [1.165, 1.54) is 32.4 Å². The van der Waals surface area contributed by atoms with E-state index in [9.17, 15) is 0 Å². The summed E-state index contributed by atoms with van der Waals surface area (Å²) in [5.74, 6) is 0. The van der Waals surface area contributed by atoms with Crippen LogP contribution in [0.4, 0.5) is 0 Å². The first-order valence-corrected chi connectivity index (χ1v) is 6.15. The fourth-order valence-corrected chi connectivity index (χ4v) is 1.53. The third-order valence-corrected chi connectivity index (χ3v) is 2.43. The number of rotatable bonds is 2. The molecule has 0 aromatic carbocycles. The lowest BCUT2D eigenvalue weighted by molar-refractivity contribution is -0.110. The SMILES string of the molecule is CC.CNC1CCCN(C)CC1.O=CCO. The van der Waals surface area contributed by atoms with Gasteiger partial charge in [0, 0.05) is 6.04 Å². The molecule has 1 heterocycles. The van der Waals surface area contributed by atoms with Crippen LogP contribution in [0, 0.1) is 0 Å². The first-order valence-electron chi connectivity index (χ1n) is 6.15. The number of carbonyl (C=O) groups is 1. The Morgan fingerprint density at radius 3 is 2.38 bits per heavy atom. The zero-order valence-corrected chi connectivity index (χ0v) is 11.2. The number of aliphatic hydroxyl groups is 1. The quantitative estimate of drug-likeness (QED) is 0.694. The van der Waals surface area contributed by atoms with Gasteiger partial charge in [0.2, 0.25) is 0 Å². The highest BCUT2D eigenvalue weighted by Gasteiger charge is 2.11. The largest absolute Gasteiger partial charge is 0.389 e. The van der Waals surface area contributed by atoms with Gasteiger partial charge in [-0.25, -0.2) is 0 Å². The van der Waals surface area contributed by atoms with Gasteiger partial charge in [0.05, 0.1) is 6.61 Å². The van der Waals surface area contributed by atoms with Crippen LogP contribution in [0.2, 0.25) is 0 Å². The smallest absolute Gasteiger partial charge is 0.145 e. The molecule has 0 radical (unpaired) electrons. The second-order valence-corrected chi connectivity index (χ2v) is 3.57. The van der Waals surface area contributed by atoms with E-state index in [0.29, 0.717) is 6.29 Å². The average molecular weight is 232 g/mol. The Kier molecular flexibility index (Phi) is 16.3. The molecule has 0 saturated carbocycles. The van der Waals surface area contributed by atoms with Gasteiger partial charge in [0.1, 0.15) is 6.29 Å². The molecule has 1 saturated heterocycles. The van der Waals surface area contributed by atoms with E-state index >= 15 is 0 Å². The van der Waals surface area contributed by atoms with Crippen LogP contribution < -0.4 is 5.32 Å². The fraction of sp³-hybridized carbons (Fsp3) is 0.917. The van der Waals surface area contributed by atoms with E-state index in [2.05, 4.69) is 24.3 Å². The molecule has 1 aliphatic rings. The topological polar surface area (TPSA) is 52.6 Å². The summed E-state index contributed by atoms with van der Waals surface area (Å²) >= 11 is 0. The van der Waals surface area contributed by atoms with E-state index in [1.54, 1.807) is 0 Å². The van der Waals surface area contributed by atoms with Gasteiger partial charge in [-0.15, -0.1) is 0 Å². The fourth-order valence-electron chi connectivity index (χ4n) is 1.53. The third kappa shape index (κ3) is 11.6. The number of hydrogen-bond acceptors (Lipinski definition) is 4. The maximum Gasteiger partial charge on any atom is 0.145 e. The van der Waals surface area contributed by atoms with E-state index in [1.807, 2.05) is 13.8 Å². The standard InChI is InChI=1S/C8H18N2.C2H4O2.C2H6/c1-9-8-4-3-6-10(2)7-5-8;3-1-2-4;1-2/h8-9H,3-7H2,1-2H3;1,4H,2H2;1-2H3. The summed E-state index contributed by atoms with van der Waals surface area (Å²) in [6.07, 6.45) is 4.44. The zero-order chi connectivity index (χ0) is 12.8. The minimum absolute atomic E-state index is 0.361. The van der Waals surface area contributed by atoms with Crippen LogP contribution in [0.5, 0.6) is 0 Å². The van der Waals surface area contributed by atoms with Crippen molar-refractivity contribution in [1.29, 1.82) is 0 Å². The lowest BCUT2D eigenvalue weighted by atomic mass is 10.1. The van der Waals surface area contributed by atoms with E-state index in [0.717, 1.165) is 6.04 Å². The van der Waals surface area contributed by atoms with Crippen LogP contribution in [-0.2, 0) is 4.79 Å². The molecule has 1 atom stereocenters. The van der Waals surface area contributed by atoms with Gasteiger partial charge in [0.15, 0.2) is 0 Å². The molecule has 4 nitrogen and oxygen atoms in total. The molecule has 4 heteroatoms. The maximum atomic E-state index is 8.92. The van der Waals surface area contributed by atoms with Crippen molar-refractivity contribution in [3.05, 3.63) is 0 Å². The summed E-state index contributed by atoms with van der Waals surface area (Å²) in [5, 5.41) is 10.8. The highest BCUT2D eigenvalue weighted by molar-refractivity contribution is 5.49. The summed E-state index contributed by atoms with van der Waals surface area (Å²) in [5.41, 5.74) is 0. The Labute approximate surface area is 100 Å². The van der Waals surface area contributed by atoms with Crippen molar-refractivity contribution in [3.63, 3.8) is 0 Å². The lowest BCUT2D eigenvalue weighted by Gasteiger charge is -2.13. The number of hydrogen-bond donors (Lipinski definition) is 2. The molecule has 2 N–H and O–H groups in total. The number of likely N-dealkylation sites (tertiary alicyclic amines) is 1. The molecule has 0 aliphatic carbocycles. The predicted molar refractivity (Wildman–Crippen MR) is 68.7 cm³/mol. The van der Waals surface area contributed by atoms with Crippen molar-refractivity contribution in [2.24, 2.45) is 0 Å².